The van der Waals surface area contributed by atoms with Gasteiger partial charge in [0, 0.05) is 24.5 Å². The summed E-state index contributed by atoms with van der Waals surface area (Å²) in [5.74, 6) is 0.755. The van der Waals surface area contributed by atoms with Crippen molar-refractivity contribution in [2.24, 2.45) is 0 Å². The Balaban J connectivity index is 1.82. The Morgan fingerprint density at radius 3 is 2.27 bits per heavy atom. The lowest BCUT2D eigenvalue weighted by Gasteiger charge is -2.28. The van der Waals surface area contributed by atoms with Gasteiger partial charge in [0.1, 0.15) is 0 Å². The van der Waals surface area contributed by atoms with Crippen molar-refractivity contribution in [1.82, 2.24) is 15.3 Å². The molecule has 0 radical (unpaired) electrons. The lowest BCUT2D eigenvalue weighted by atomic mass is 9.91. The van der Waals surface area contributed by atoms with Crippen LogP contribution in [0.4, 0.5) is 5.95 Å². The SMILES string of the molecule is CNC1CCC(Nc2ncccn2)CC1. The van der Waals surface area contributed by atoms with Gasteiger partial charge in [-0.25, -0.2) is 9.97 Å². The molecule has 82 valence electrons. The predicted molar refractivity (Wildman–Crippen MR) is 60.8 cm³/mol. The van der Waals surface area contributed by atoms with Crippen LogP contribution in [0.1, 0.15) is 25.7 Å². The minimum Gasteiger partial charge on any atom is -0.351 e. The Morgan fingerprint density at radius 2 is 1.67 bits per heavy atom. The Labute approximate surface area is 90.5 Å². The third kappa shape index (κ3) is 2.89. The maximum atomic E-state index is 4.17. The van der Waals surface area contributed by atoms with Gasteiger partial charge < -0.3 is 10.6 Å². The van der Waals surface area contributed by atoms with Crippen molar-refractivity contribution in [1.29, 1.82) is 0 Å². The summed E-state index contributed by atoms with van der Waals surface area (Å²) in [6.45, 7) is 0. The van der Waals surface area contributed by atoms with Gasteiger partial charge in [0.15, 0.2) is 0 Å². The van der Waals surface area contributed by atoms with Crippen molar-refractivity contribution in [3.05, 3.63) is 18.5 Å². The van der Waals surface area contributed by atoms with Crippen LogP contribution in [0.5, 0.6) is 0 Å². The van der Waals surface area contributed by atoms with Crippen LogP contribution in [-0.2, 0) is 0 Å². The first-order valence-electron chi connectivity index (χ1n) is 5.59. The number of aromatic nitrogens is 2. The Bertz CT molecular complexity index is 280. The molecule has 15 heavy (non-hydrogen) atoms. The van der Waals surface area contributed by atoms with E-state index < -0.39 is 0 Å². The quantitative estimate of drug-likeness (QED) is 0.785. The highest BCUT2D eigenvalue weighted by molar-refractivity contribution is 5.24. The van der Waals surface area contributed by atoms with Gasteiger partial charge in [-0.1, -0.05) is 0 Å². The normalized spacial score (nSPS) is 26.2. The second kappa shape index (κ2) is 5.07. The number of anilines is 1. The van der Waals surface area contributed by atoms with E-state index in [1.807, 2.05) is 13.1 Å². The summed E-state index contributed by atoms with van der Waals surface area (Å²) in [4.78, 5) is 8.35. The van der Waals surface area contributed by atoms with Gasteiger partial charge in [0.2, 0.25) is 5.95 Å². The van der Waals surface area contributed by atoms with Crippen molar-refractivity contribution in [3.8, 4) is 0 Å². The fourth-order valence-electron chi connectivity index (χ4n) is 2.08. The average molecular weight is 206 g/mol. The zero-order chi connectivity index (χ0) is 10.5. The Hall–Kier alpha value is -1.16. The van der Waals surface area contributed by atoms with Crippen LogP contribution in [0.15, 0.2) is 18.5 Å². The number of nitrogens with zero attached hydrogens (tertiary/aromatic N) is 2. The summed E-state index contributed by atoms with van der Waals surface area (Å²) in [6, 6.07) is 3.07. The minimum absolute atomic E-state index is 0.539. The molecule has 0 unspecified atom stereocenters. The molecule has 1 saturated carbocycles. The maximum absolute atomic E-state index is 4.17. The van der Waals surface area contributed by atoms with Crippen LogP contribution in [-0.4, -0.2) is 29.1 Å². The summed E-state index contributed by atoms with van der Waals surface area (Å²) in [5, 5.41) is 6.70. The van der Waals surface area contributed by atoms with E-state index in [9.17, 15) is 0 Å². The van der Waals surface area contributed by atoms with E-state index in [0.29, 0.717) is 12.1 Å². The monoisotopic (exact) mass is 206 g/mol. The molecular formula is C11H18N4. The number of nitrogens with one attached hydrogen (secondary N) is 2. The first kappa shape index (κ1) is 10.4. The summed E-state index contributed by atoms with van der Waals surface area (Å²) >= 11 is 0. The van der Waals surface area contributed by atoms with Crippen LogP contribution < -0.4 is 10.6 Å². The molecule has 0 aliphatic heterocycles. The molecule has 1 aliphatic rings. The van der Waals surface area contributed by atoms with Gasteiger partial charge >= 0.3 is 0 Å². The van der Waals surface area contributed by atoms with Crippen LogP contribution >= 0.6 is 0 Å². The first-order chi connectivity index (χ1) is 7.38. The molecule has 0 bridgehead atoms. The standard InChI is InChI=1S/C11H18N4/c1-12-9-3-5-10(6-4-9)15-11-13-7-2-8-14-11/h2,7-10,12H,3-6H2,1H3,(H,13,14,15). The lowest BCUT2D eigenvalue weighted by Crippen LogP contribution is -2.35. The van der Waals surface area contributed by atoms with E-state index in [1.165, 1.54) is 25.7 Å². The lowest BCUT2D eigenvalue weighted by molar-refractivity contribution is 0.370. The maximum Gasteiger partial charge on any atom is 0.222 e. The van der Waals surface area contributed by atoms with E-state index in [4.69, 9.17) is 0 Å². The molecule has 2 rings (SSSR count). The highest BCUT2D eigenvalue weighted by Crippen LogP contribution is 2.20. The highest BCUT2D eigenvalue weighted by atomic mass is 15.1. The second-order valence-electron chi connectivity index (χ2n) is 4.05. The minimum atomic E-state index is 0.539. The molecule has 0 aromatic carbocycles. The first-order valence-corrected chi connectivity index (χ1v) is 5.59. The molecule has 2 N–H and O–H groups in total. The van der Waals surface area contributed by atoms with Crippen molar-refractivity contribution >= 4 is 5.95 Å². The molecule has 1 aromatic rings. The molecular weight excluding hydrogens is 188 g/mol. The zero-order valence-electron chi connectivity index (χ0n) is 9.11. The van der Waals surface area contributed by atoms with E-state index >= 15 is 0 Å². The van der Waals surface area contributed by atoms with Crippen molar-refractivity contribution in [3.63, 3.8) is 0 Å². The average Bonchev–Trinajstić information content (AvgIpc) is 2.31. The van der Waals surface area contributed by atoms with E-state index in [1.54, 1.807) is 12.4 Å². The van der Waals surface area contributed by atoms with Crippen LogP contribution in [0.2, 0.25) is 0 Å². The fourth-order valence-corrected chi connectivity index (χ4v) is 2.08. The van der Waals surface area contributed by atoms with Gasteiger partial charge in [-0.2, -0.15) is 0 Å². The molecule has 1 fully saturated rings. The largest absolute Gasteiger partial charge is 0.351 e. The number of hydrogen-bond donors (Lipinski definition) is 2. The van der Waals surface area contributed by atoms with Crippen molar-refractivity contribution in [2.75, 3.05) is 12.4 Å². The highest BCUT2D eigenvalue weighted by Gasteiger charge is 2.19. The van der Waals surface area contributed by atoms with Crippen LogP contribution in [0, 0.1) is 0 Å². The van der Waals surface area contributed by atoms with Gasteiger partial charge in [-0.3, -0.25) is 0 Å². The molecule has 4 heteroatoms. The van der Waals surface area contributed by atoms with Gasteiger partial charge in [0.25, 0.3) is 0 Å². The van der Waals surface area contributed by atoms with Crippen LogP contribution in [0.25, 0.3) is 0 Å². The number of rotatable bonds is 3. The van der Waals surface area contributed by atoms with Crippen molar-refractivity contribution in [2.45, 2.75) is 37.8 Å². The van der Waals surface area contributed by atoms with Crippen LogP contribution in [0.3, 0.4) is 0 Å². The molecule has 4 nitrogen and oxygen atoms in total. The van der Waals surface area contributed by atoms with Crippen molar-refractivity contribution < 1.29 is 0 Å². The topological polar surface area (TPSA) is 49.8 Å². The molecule has 0 saturated heterocycles. The smallest absolute Gasteiger partial charge is 0.222 e. The fraction of sp³-hybridized carbons (Fsp3) is 0.636. The van der Waals surface area contributed by atoms with E-state index in [-0.39, 0.29) is 0 Å². The Kier molecular flexibility index (Phi) is 3.50. The molecule has 0 amide bonds. The molecule has 1 aromatic heterocycles. The number of hydrogen-bond acceptors (Lipinski definition) is 4. The molecule has 0 atom stereocenters. The second-order valence-corrected chi connectivity index (χ2v) is 4.05. The van der Waals surface area contributed by atoms with Gasteiger partial charge in [-0.15, -0.1) is 0 Å². The van der Waals surface area contributed by atoms with E-state index in [0.717, 1.165) is 5.95 Å². The predicted octanol–water partition coefficient (Wildman–Crippen LogP) is 1.42. The summed E-state index contributed by atoms with van der Waals surface area (Å²) in [6.07, 6.45) is 8.42. The van der Waals surface area contributed by atoms with Gasteiger partial charge in [-0.05, 0) is 38.8 Å². The Morgan fingerprint density at radius 1 is 1.07 bits per heavy atom. The molecule has 1 heterocycles. The summed E-state index contributed by atoms with van der Waals surface area (Å²) in [7, 11) is 2.04. The molecule has 0 spiro atoms. The third-order valence-corrected chi connectivity index (χ3v) is 3.03. The third-order valence-electron chi connectivity index (χ3n) is 3.03. The zero-order valence-corrected chi connectivity index (χ0v) is 9.11. The molecule has 1 aliphatic carbocycles. The van der Waals surface area contributed by atoms with E-state index in [2.05, 4.69) is 20.6 Å². The summed E-state index contributed by atoms with van der Waals surface area (Å²) in [5.41, 5.74) is 0. The van der Waals surface area contributed by atoms with Gasteiger partial charge in [0.05, 0.1) is 0 Å². The summed E-state index contributed by atoms with van der Waals surface area (Å²) < 4.78 is 0.